The van der Waals surface area contributed by atoms with Gasteiger partial charge in [0, 0.05) is 18.3 Å². The molecular weight excluding hydrogens is 234 g/mol. The van der Waals surface area contributed by atoms with Crippen LogP contribution in [0.3, 0.4) is 0 Å². The number of hydrogen-bond acceptors (Lipinski definition) is 4. The van der Waals surface area contributed by atoms with Crippen molar-refractivity contribution in [3.05, 3.63) is 29.6 Å². The molecule has 1 aromatic rings. The summed E-state index contributed by atoms with van der Waals surface area (Å²) in [5, 5.41) is 6.84. The lowest BCUT2D eigenvalue weighted by Gasteiger charge is -2.04. The summed E-state index contributed by atoms with van der Waals surface area (Å²) in [6, 6.07) is 1.91. The molecule has 0 radical (unpaired) electrons. The van der Waals surface area contributed by atoms with Crippen molar-refractivity contribution in [2.75, 3.05) is 13.7 Å². The maximum atomic E-state index is 11.6. The Balaban J connectivity index is 2.36. The topological polar surface area (TPSA) is 73.2 Å². The van der Waals surface area contributed by atoms with Crippen molar-refractivity contribution in [2.24, 2.45) is 0 Å². The average molecular weight is 251 g/mol. The molecule has 0 fully saturated rings. The van der Waals surface area contributed by atoms with Crippen molar-refractivity contribution in [2.45, 2.75) is 20.4 Å². The summed E-state index contributed by atoms with van der Waals surface area (Å²) in [6.07, 6.45) is 2.80. The average Bonchev–Trinajstić information content (AvgIpc) is 2.63. The van der Waals surface area contributed by atoms with Crippen LogP contribution in [0.1, 0.15) is 11.4 Å². The van der Waals surface area contributed by atoms with Crippen LogP contribution in [0.25, 0.3) is 0 Å². The predicted octanol–water partition coefficient (Wildman–Crippen LogP) is 0.345. The number of aromatic nitrogens is 2. The van der Waals surface area contributed by atoms with Crippen LogP contribution in [0.4, 0.5) is 0 Å². The summed E-state index contributed by atoms with van der Waals surface area (Å²) in [5.74, 6) is -0.599. The number of carbonyl (C=O) groups is 2. The summed E-state index contributed by atoms with van der Waals surface area (Å²) >= 11 is 0. The number of aryl methyl sites for hydroxylation is 2. The lowest BCUT2D eigenvalue weighted by molar-refractivity contribution is -0.134. The fraction of sp³-hybridized carbons (Fsp3) is 0.417. The summed E-state index contributed by atoms with van der Waals surface area (Å²) in [7, 11) is 1.30. The second-order valence-electron chi connectivity index (χ2n) is 3.81. The monoisotopic (exact) mass is 251 g/mol. The minimum atomic E-state index is -0.442. The van der Waals surface area contributed by atoms with Gasteiger partial charge in [-0.1, -0.05) is 6.08 Å². The Morgan fingerprint density at radius 1 is 1.50 bits per heavy atom. The van der Waals surface area contributed by atoms with Gasteiger partial charge in [0.25, 0.3) is 0 Å². The molecule has 6 heteroatoms. The Kier molecular flexibility index (Phi) is 5.10. The fourth-order valence-corrected chi connectivity index (χ4v) is 1.42. The Labute approximate surface area is 106 Å². The van der Waals surface area contributed by atoms with Gasteiger partial charge in [0.2, 0.25) is 5.91 Å². The van der Waals surface area contributed by atoms with Gasteiger partial charge in [0.1, 0.15) is 6.54 Å². The molecule has 1 amide bonds. The third-order valence-electron chi connectivity index (χ3n) is 2.27. The molecule has 1 N–H and O–H groups in total. The van der Waals surface area contributed by atoms with Gasteiger partial charge >= 0.3 is 5.97 Å². The van der Waals surface area contributed by atoms with Gasteiger partial charge in [0.15, 0.2) is 0 Å². The molecule has 0 aliphatic rings. The van der Waals surface area contributed by atoms with E-state index in [1.54, 1.807) is 4.68 Å². The van der Waals surface area contributed by atoms with Crippen LogP contribution in [-0.4, -0.2) is 35.3 Å². The standard InChI is InChI=1S/C12H17N3O3/c1-9-7-10(2)15(14-9)8-11(16)13-6-4-5-12(17)18-3/h4-5,7H,6,8H2,1-3H3,(H,13,16)/b5-4+. The molecule has 0 saturated carbocycles. The molecule has 0 atom stereocenters. The quantitative estimate of drug-likeness (QED) is 0.605. The van der Waals surface area contributed by atoms with Gasteiger partial charge in [-0.2, -0.15) is 5.10 Å². The van der Waals surface area contributed by atoms with E-state index in [2.05, 4.69) is 15.2 Å². The number of nitrogens with one attached hydrogen (secondary N) is 1. The first-order chi connectivity index (χ1) is 8.52. The Morgan fingerprint density at radius 3 is 2.78 bits per heavy atom. The Morgan fingerprint density at radius 2 is 2.22 bits per heavy atom. The van der Waals surface area contributed by atoms with Crippen LogP contribution in [0.5, 0.6) is 0 Å². The molecule has 1 aromatic heterocycles. The van der Waals surface area contributed by atoms with Gasteiger partial charge in [-0.25, -0.2) is 4.79 Å². The molecule has 0 aliphatic heterocycles. The van der Waals surface area contributed by atoms with Crippen molar-refractivity contribution in [3.8, 4) is 0 Å². The number of esters is 1. The second kappa shape index (κ2) is 6.58. The van der Waals surface area contributed by atoms with Crippen molar-refractivity contribution in [1.82, 2.24) is 15.1 Å². The van der Waals surface area contributed by atoms with Crippen molar-refractivity contribution >= 4 is 11.9 Å². The third kappa shape index (κ3) is 4.40. The van der Waals surface area contributed by atoms with Crippen LogP contribution in [-0.2, 0) is 20.9 Å². The van der Waals surface area contributed by atoms with E-state index in [0.29, 0.717) is 0 Å². The highest BCUT2D eigenvalue weighted by Gasteiger charge is 2.05. The molecule has 0 bridgehead atoms. The summed E-state index contributed by atoms with van der Waals surface area (Å²) in [6.45, 7) is 4.23. The van der Waals surface area contributed by atoms with Crippen LogP contribution in [0.2, 0.25) is 0 Å². The lowest BCUT2D eigenvalue weighted by atomic mass is 10.4. The molecule has 18 heavy (non-hydrogen) atoms. The third-order valence-corrected chi connectivity index (χ3v) is 2.27. The Hall–Kier alpha value is -2.11. The highest BCUT2D eigenvalue weighted by atomic mass is 16.5. The highest BCUT2D eigenvalue weighted by molar-refractivity contribution is 5.82. The molecule has 1 heterocycles. The Bertz CT molecular complexity index is 463. The van der Waals surface area contributed by atoms with Crippen LogP contribution in [0.15, 0.2) is 18.2 Å². The summed E-state index contributed by atoms with van der Waals surface area (Å²) in [4.78, 5) is 22.3. The highest BCUT2D eigenvalue weighted by Crippen LogP contribution is 2.00. The van der Waals surface area contributed by atoms with Crippen LogP contribution >= 0.6 is 0 Å². The van der Waals surface area contributed by atoms with E-state index in [0.717, 1.165) is 11.4 Å². The zero-order valence-corrected chi connectivity index (χ0v) is 10.8. The number of hydrogen-bond donors (Lipinski definition) is 1. The van der Waals surface area contributed by atoms with E-state index < -0.39 is 5.97 Å². The van der Waals surface area contributed by atoms with Gasteiger partial charge in [0.05, 0.1) is 12.8 Å². The smallest absolute Gasteiger partial charge is 0.330 e. The first-order valence-corrected chi connectivity index (χ1v) is 5.55. The minimum Gasteiger partial charge on any atom is -0.466 e. The summed E-state index contributed by atoms with van der Waals surface area (Å²) < 4.78 is 6.05. The number of rotatable bonds is 5. The van der Waals surface area contributed by atoms with E-state index in [4.69, 9.17) is 0 Å². The SMILES string of the molecule is COC(=O)/C=C/CNC(=O)Cn1nc(C)cc1C. The van der Waals surface area contributed by atoms with Crippen molar-refractivity contribution in [1.29, 1.82) is 0 Å². The number of methoxy groups -OCH3 is 1. The molecule has 0 aromatic carbocycles. The van der Waals surface area contributed by atoms with Gasteiger partial charge < -0.3 is 10.1 Å². The molecule has 0 aliphatic carbocycles. The maximum absolute atomic E-state index is 11.6. The molecule has 98 valence electrons. The fourth-order valence-electron chi connectivity index (χ4n) is 1.42. The van der Waals surface area contributed by atoms with Crippen molar-refractivity contribution in [3.63, 3.8) is 0 Å². The van der Waals surface area contributed by atoms with Crippen LogP contribution in [0, 0.1) is 13.8 Å². The first kappa shape index (κ1) is 14.0. The minimum absolute atomic E-state index is 0.157. The number of ether oxygens (including phenoxy) is 1. The number of nitrogens with zero attached hydrogens (tertiary/aromatic N) is 2. The van der Waals surface area contributed by atoms with E-state index in [1.165, 1.54) is 19.3 Å². The van der Waals surface area contributed by atoms with E-state index in [1.807, 2.05) is 19.9 Å². The van der Waals surface area contributed by atoms with E-state index in [9.17, 15) is 9.59 Å². The predicted molar refractivity (Wildman–Crippen MR) is 65.9 cm³/mol. The normalized spacial score (nSPS) is 10.6. The number of carbonyl (C=O) groups excluding carboxylic acids is 2. The summed E-state index contributed by atoms with van der Waals surface area (Å²) in [5.41, 5.74) is 1.82. The molecule has 6 nitrogen and oxygen atoms in total. The number of amides is 1. The van der Waals surface area contributed by atoms with Gasteiger partial charge in [-0.05, 0) is 19.9 Å². The molecule has 0 unspecified atom stereocenters. The second-order valence-corrected chi connectivity index (χ2v) is 3.81. The first-order valence-electron chi connectivity index (χ1n) is 5.55. The van der Waals surface area contributed by atoms with Crippen LogP contribution < -0.4 is 5.32 Å². The van der Waals surface area contributed by atoms with Gasteiger partial charge in [-0.3, -0.25) is 9.48 Å². The maximum Gasteiger partial charge on any atom is 0.330 e. The molecular formula is C12H17N3O3. The van der Waals surface area contributed by atoms with Crippen molar-refractivity contribution < 1.29 is 14.3 Å². The molecule has 1 rings (SSSR count). The zero-order chi connectivity index (χ0) is 13.5. The molecule has 0 spiro atoms. The van der Waals surface area contributed by atoms with E-state index >= 15 is 0 Å². The zero-order valence-electron chi connectivity index (χ0n) is 10.8. The largest absolute Gasteiger partial charge is 0.466 e. The lowest BCUT2D eigenvalue weighted by Crippen LogP contribution is -2.28. The van der Waals surface area contributed by atoms with Gasteiger partial charge in [-0.15, -0.1) is 0 Å². The molecule has 0 saturated heterocycles. The van der Waals surface area contributed by atoms with E-state index in [-0.39, 0.29) is 19.0 Å².